The monoisotopic (exact) mass is 530 g/mol. The van der Waals surface area contributed by atoms with Crippen molar-refractivity contribution in [2.75, 3.05) is 47.2 Å². The van der Waals surface area contributed by atoms with Crippen molar-refractivity contribution >= 4 is 40.0 Å². The average molecular weight is 530 g/mol. The largest absolute Gasteiger partial charge is 0.493 e. The smallest absolute Gasteiger partial charge is 0.208 e. The van der Waals surface area contributed by atoms with Gasteiger partial charge >= 0.3 is 0 Å². The summed E-state index contributed by atoms with van der Waals surface area (Å²) in [6.45, 7) is 4.06. The maximum absolute atomic E-state index is 11.0. The second-order valence-electron chi connectivity index (χ2n) is 5.68. The lowest BCUT2D eigenvalue weighted by Crippen LogP contribution is -2.38. The molecule has 1 aromatic rings. The Hall–Kier alpha value is -1.47. The molecule has 0 saturated heterocycles. The third kappa shape index (κ3) is 9.64. The highest BCUT2D eigenvalue weighted by molar-refractivity contribution is 14.0. The Bertz CT molecular complexity index is 703. The van der Waals surface area contributed by atoms with Crippen LogP contribution in [0.25, 0.3) is 0 Å². The van der Waals surface area contributed by atoms with Crippen LogP contribution < -0.4 is 29.6 Å². The van der Waals surface area contributed by atoms with Gasteiger partial charge in [-0.1, -0.05) is 0 Å². The highest BCUT2D eigenvalue weighted by atomic mass is 127. The van der Waals surface area contributed by atoms with Crippen LogP contribution in [0, 0.1) is 0 Å². The van der Waals surface area contributed by atoms with Crippen molar-refractivity contribution in [2.45, 2.75) is 19.9 Å². The second kappa shape index (κ2) is 13.7. The Balaban J connectivity index is 0.00000729. The van der Waals surface area contributed by atoms with Crippen molar-refractivity contribution in [3.8, 4) is 17.2 Å². The lowest BCUT2D eigenvalue weighted by Gasteiger charge is -2.14. The van der Waals surface area contributed by atoms with E-state index in [-0.39, 0.29) is 24.0 Å². The first-order chi connectivity index (χ1) is 12.8. The van der Waals surface area contributed by atoms with E-state index in [1.165, 1.54) is 0 Å². The zero-order valence-electron chi connectivity index (χ0n) is 17.0. The summed E-state index contributed by atoms with van der Waals surface area (Å²) in [7, 11) is 1.54. The molecule has 11 heteroatoms. The molecule has 28 heavy (non-hydrogen) atoms. The molecule has 0 aromatic heterocycles. The van der Waals surface area contributed by atoms with E-state index in [0.29, 0.717) is 55.8 Å². The molecule has 0 radical (unpaired) electrons. The Kier molecular flexibility index (Phi) is 12.9. The van der Waals surface area contributed by atoms with E-state index in [2.05, 4.69) is 20.3 Å². The minimum Gasteiger partial charge on any atom is -0.493 e. The van der Waals surface area contributed by atoms with Crippen molar-refractivity contribution < 1.29 is 22.6 Å². The van der Waals surface area contributed by atoms with Gasteiger partial charge in [-0.15, -0.1) is 24.0 Å². The molecule has 162 valence electrons. The number of rotatable bonds is 11. The summed E-state index contributed by atoms with van der Waals surface area (Å²) in [5.41, 5.74) is 0.903. The van der Waals surface area contributed by atoms with Crippen LogP contribution in [-0.2, 0) is 16.6 Å². The van der Waals surface area contributed by atoms with E-state index in [0.717, 1.165) is 11.8 Å². The van der Waals surface area contributed by atoms with Gasteiger partial charge < -0.3 is 24.8 Å². The Labute approximate surface area is 184 Å². The number of methoxy groups -OCH3 is 3. The SMILES string of the molecule is CCNC(=NCc1cc(OC)c(OC)c(OC)c1)NCCCNS(C)(=O)=O.I. The Morgan fingerprint density at radius 2 is 1.64 bits per heavy atom. The summed E-state index contributed by atoms with van der Waals surface area (Å²) < 4.78 is 40.6. The van der Waals surface area contributed by atoms with Gasteiger partial charge in [-0.3, -0.25) is 0 Å². The number of halogens is 1. The van der Waals surface area contributed by atoms with E-state index in [4.69, 9.17) is 14.2 Å². The number of nitrogens with zero attached hydrogens (tertiary/aromatic N) is 1. The number of guanidine groups is 1. The lowest BCUT2D eigenvalue weighted by atomic mass is 10.2. The van der Waals surface area contributed by atoms with E-state index < -0.39 is 10.0 Å². The van der Waals surface area contributed by atoms with Crippen molar-refractivity contribution in [2.24, 2.45) is 4.99 Å². The van der Waals surface area contributed by atoms with Gasteiger partial charge in [-0.05, 0) is 31.0 Å². The first-order valence-electron chi connectivity index (χ1n) is 8.60. The van der Waals surface area contributed by atoms with E-state index in [9.17, 15) is 8.42 Å². The second-order valence-corrected chi connectivity index (χ2v) is 7.51. The van der Waals surface area contributed by atoms with Crippen molar-refractivity contribution in [3.05, 3.63) is 17.7 Å². The van der Waals surface area contributed by atoms with Crippen molar-refractivity contribution in [3.63, 3.8) is 0 Å². The number of hydrogen-bond acceptors (Lipinski definition) is 6. The third-order valence-electron chi connectivity index (χ3n) is 3.50. The predicted octanol–water partition coefficient (Wildman–Crippen LogP) is 1.32. The molecule has 0 fully saturated rings. The van der Waals surface area contributed by atoms with Crippen LogP contribution in [0.2, 0.25) is 0 Å². The number of ether oxygens (including phenoxy) is 3. The third-order valence-corrected chi connectivity index (χ3v) is 4.23. The fraction of sp³-hybridized carbons (Fsp3) is 0.588. The van der Waals surface area contributed by atoms with Gasteiger partial charge in [-0.25, -0.2) is 18.1 Å². The fourth-order valence-electron chi connectivity index (χ4n) is 2.29. The molecule has 0 saturated carbocycles. The molecule has 0 bridgehead atoms. The highest BCUT2D eigenvalue weighted by Crippen LogP contribution is 2.38. The summed E-state index contributed by atoms with van der Waals surface area (Å²) in [5.74, 6) is 2.33. The minimum atomic E-state index is -3.16. The average Bonchev–Trinajstić information content (AvgIpc) is 2.63. The molecule has 0 atom stereocenters. The zero-order chi connectivity index (χ0) is 20.3. The van der Waals surface area contributed by atoms with Crippen molar-refractivity contribution in [1.82, 2.24) is 15.4 Å². The molecule has 1 aromatic carbocycles. The number of aliphatic imine (C=N–C) groups is 1. The summed E-state index contributed by atoms with van der Waals surface area (Å²) in [5, 5.41) is 6.33. The quantitative estimate of drug-likeness (QED) is 0.171. The van der Waals surface area contributed by atoms with Crippen LogP contribution >= 0.6 is 24.0 Å². The summed E-state index contributed by atoms with van der Waals surface area (Å²) in [6, 6.07) is 3.70. The molecular formula is C17H31IN4O5S. The van der Waals surface area contributed by atoms with Gasteiger partial charge in [-0.2, -0.15) is 0 Å². The molecule has 0 amide bonds. The number of nitrogens with one attached hydrogen (secondary N) is 3. The van der Waals surface area contributed by atoms with E-state index >= 15 is 0 Å². The van der Waals surface area contributed by atoms with Crippen LogP contribution in [0.4, 0.5) is 0 Å². The Morgan fingerprint density at radius 3 is 2.11 bits per heavy atom. The van der Waals surface area contributed by atoms with Gasteiger partial charge in [0.15, 0.2) is 17.5 Å². The Morgan fingerprint density at radius 1 is 1.04 bits per heavy atom. The number of sulfonamides is 1. The molecule has 0 heterocycles. The fourth-order valence-corrected chi connectivity index (χ4v) is 2.81. The van der Waals surface area contributed by atoms with Crippen LogP contribution in [0.3, 0.4) is 0 Å². The molecule has 0 aliphatic rings. The van der Waals surface area contributed by atoms with Gasteiger partial charge in [0.05, 0.1) is 34.1 Å². The molecule has 3 N–H and O–H groups in total. The lowest BCUT2D eigenvalue weighted by molar-refractivity contribution is 0.324. The molecular weight excluding hydrogens is 499 g/mol. The summed E-state index contributed by atoms with van der Waals surface area (Å²) >= 11 is 0. The molecule has 1 rings (SSSR count). The van der Waals surface area contributed by atoms with Crippen molar-refractivity contribution in [1.29, 1.82) is 0 Å². The topological polar surface area (TPSA) is 110 Å². The minimum absolute atomic E-state index is 0. The molecule has 0 unspecified atom stereocenters. The van der Waals surface area contributed by atoms with Crippen LogP contribution in [0.15, 0.2) is 17.1 Å². The van der Waals surface area contributed by atoms with Gasteiger partial charge in [0, 0.05) is 19.6 Å². The zero-order valence-corrected chi connectivity index (χ0v) is 20.1. The van der Waals surface area contributed by atoms with E-state index in [1.807, 2.05) is 19.1 Å². The van der Waals surface area contributed by atoms with Crippen LogP contribution in [-0.4, -0.2) is 61.6 Å². The maximum atomic E-state index is 11.0. The molecule has 0 spiro atoms. The van der Waals surface area contributed by atoms with Gasteiger partial charge in [0.2, 0.25) is 15.8 Å². The van der Waals surface area contributed by atoms with Gasteiger partial charge in [0.25, 0.3) is 0 Å². The summed E-state index contributed by atoms with van der Waals surface area (Å²) in [6.07, 6.45) is 1.78. The number of hydrogen-bond donors (Lipinski definition) is 3. The predicted molar refractivity (Wildman–Crippen MR) is 122 cm³/mol. The first kappa shape index (κ1) is 26.5. The number of benzene rings is 1. The van der Waals surface area contributed by atoms with Crippen LogP contribution in [0.1, 0.15) is 18.9 Å². The molecule has 0 aliphatic heterocycles. The molecule has 9 nitrogen and oxygen atoms in total. The first-order valence-corrected chi connectivity index (χ1v) is 10.5. The highest BCUT2D eigenvalue weighted by Gasteiger charge is 2.13. The van der Waals surface area contributed by atoms with E-state index in [1.54, 1.807) is 21.3 Å². The standard InChI is InChI=1S/C17H30N4O5S.HI/c1-6-18-17(19-8-7-9-21-27(5,22)23)20-12-13-10-14(24-2)16(26-4)15(11-13)25-3;/h10-11,21H,6-9,12H2,1-5H3,(H2,18,19,20);1H. The summed E-state index contributed by atoms with van der Waals surface area (Å²) in [4.78, 5) is 4.54. The van der Waals surface area contributed by atoms with Gasteiger partial charge in [0.1, 0.15) is 0 Å². The maximum Gasteiger partial charge on any atom is 0.208 e. The normalized spacial score (nSPS) is 11.4. The van der Waals surface area contributed by atoms with Crippen LogP contribution in [0.5, 0.6) is 17.2 Å². The molecule has 0 aliphatic carbocycles.